The number of rotatable bonds is 8. The average Bonchev–Trinajstić information content (AvgIpc) is 3.13. The monoisotopic (exact) mass is 451 g/mol. The van der Waals surface area contributed by atoms with Gasteiger partial charge in [0.15, 0.2) is 11.7 Å². The first-order valence-corrected chi connectivity index (χ1v) is 11.8. The van der Waals surface area contributed by atoms with Gasteiger partial charge in [0.2, 0.25) is 5.91 Å². The molecule has 0 spiro atoms. The van der Waals surface area contributed by atoms with Gasteiger partial charge in [-0.05, 0) is 61.3 Å². The number of oxazole rings is 1. The maximum atomic E-state index is 12.3. The molecule has 1 N–H and O–H groups in total. The highest BCUT2D eigenvalue weighted by Crippen LogP contribution is 2.22. The van der Waals surface area contributed by atoms with Crippen LogP contribution in [-0.2, 0) is 24.3 Å². The summed E-state index contributed by atoms with van der Waals surface area (Å²) in [5, 5.41) is 3.70. The molecule has 1 saturated heterocycles. The standard InChI is InChI=1S/C26H30ClN3O2/c27-23-10-8-22(9-11-23)24-18-29-26(32-24)13-12-25(31)28-17-20-6-5-7-21(16-20)19-30-14-3-1-2-4-15-30/h5-11,16,18H,1-4,12-15,17,19H2,(H,28,31). The molecule has 0 aliphatic carbocycles. The molecule has 6 heteroatoms. The molecule has 3 aromatic rings. The Morgan fingerprint density at radius 3 is 2.56 bits per heavy atom. The van der Waals surface area contributed by atoms with Crippen molar-refractivity contribution in [3.8, 4) is 11.3 Å². The highest BCUT2D eigenvalue weighted by atomic mass is 35.5. The minimum atomic E-state index is -0.00540. The quantitative estimate of drug-likeness (QED) is 0.483. The summed E-state index contributed by atoms with van der Waals surface area (Å²) in [6.45, 7) is 3.89. The second-order valence-corrected chi connectivity index (χ2v) is 8.85. The number of likely N-dealkylation sites (tertiary alicyclic amines) is 1. The number of aryl methyl sites for hydroxylation is 1. The average molecular weight is 452 g/mol. The first kappa shape index (κ1) is 22.6. The summed E-state index contributed by atoms with van der Waals surface area (Å²) >= 11 is 5.93. The predicted octanol–water partition coefficient (Wildman–Crippen LogP) is 5.62. The van der Waals surface area contributed by atoms with Gasteiger partial charge >= 0.3 is 0 Å². The van der Waals surface area contributed by atoms with E-state index in [9.17, 15) is 4.79 Å². The van der Waals surface area contributed by atoms with Crippen LogP contribution in [0.3, 0.4) is 0 Å². The Labute approximate surface area is 194 Å². The van der Waals surface area contributed by atoms with E-state index in [0.717, 1.165) is 17.7 Å². The number of nitrogens with zero attached hydrogens (tertiary/aromatic N) is 2. The third-order valence-electron chi connectivity index (χ3n) is 5.83. The molecular formula is C26H30ClN3O2. The molecule has 5 nitrogen and oxygen atoms in total. The number of aromatic nitrogens is 1. The van der Waals surface area contributed by atoms with E-state index in [-0.39, 0.29) is 5.91 Å². The van der Waals surface area contributed by atoms with Crippen LogP contribution in [0.2, 0.25) is 5.02 Å². The molecular weight excluding hydrogens is 422 g/mol. The molecule has 0 unspecified atom stereocenters. The second-order valence-electron chi connectivity index (χ2n) is 8.41. The zero-order chi connectivity index (χ0) is 22.2. The molecule has 0 bridgehead atoms. The Morgan fingerprint density at radius 1 is 1.03 bits per heavy atom. The van der Waals surface area contributed by atoms with Crippen LogP contribution in [-0.4, -0.2) is 28.9 Å². The van der Waals surface area contributed by atoms with Gasteiger partial charge in [-0.1, -0.05) is 48.7 Å². The van der Waals surface area contributed by atoms with Gasteiger partial charge < -0.3 is 9.73 Å². The van der Waals surface area contributed by atoms with Crippen LogP contribution < -0.4 is 5.32 Å². The Hall–Kier alpha value is -2.63. The van der Waals surface area contributed by atoms with E-state index in [0.29, 0.717) is 36.1 Å². The summed E-state index contributed by atoms with van der Waals surface area (Å²) < 4.78 is 5.78. The van der Waals surface area contributed by atoms with Crippen molar-refractivity contribution in [1.29, 1.82) is 0 Å². The van der Waals surface area contributed by atoms with Crippen molar-refractivity contribution in [3.63, 3.8) is 0 Å². The molecule has 168 valence electrons. The molecule has 0 radical (unpaired) electrons. The third kappa shape index (κ3) is 6.68. The topological polar surface area (TPSA) is 58.4 Å². The summed E-state index contributed by atoms with van der Waals surface area (Å²) in [6, 6.07) is 15.9. The molecule has 2 heterocycles. The SMILES string of the molecule is O=C(CCc1ncc(-c2ccc(Cl)cc2)o1)NCc1cccc(CN2CCCCCC2)c1. The van der Waals surface area contributed by atoms with Crippen LogP contribution in [0.5, 0.6) is 0 Å². The number of halogens is 1. The number of hydrogen-bond donors (Lipinski definition) is 1. The van der Waals surface area contributed by atoms with Crippen LogP contribution in [0.4, 0.5) is 0 Å². The van der Waals surface area contributed by atoms with E-state index < -0.39 is 0 Å². The molecule has 4 rings (SSSR count). The van der Waals surface area contributed by atoms with Gasteiger partial charge in [0.25, 0.3) is 0 Å². The van der Waals surface area contributed by atoms with Gasteiger partial charge in [-0.15, -0.1) is 0 Å². The normalized spacial score (nSPS) is 14.8. The lowest BCUT2D eigenvalue weighted by molar-refractivity contribution is -0.121. The van der Waals surface area contributed by atoms with Gasteiger partial charge in [0, 0.05) is 36.5 Å². The maximum Gasteiger partial charge on any atom is 0.220 e. The van der Waals surface area contributed by atoms with Gasteiger partial charge in [-0.2, -0.15) is 0 Å². The number of carbonyl (C=O) groups excluding carboxylic acids is 1. The molecule has 1 aliphatic heterocycles. The van der Waals surface area contributed by atoms with Crippen molar-refractivity contribution in [2.45, 2.75) is 51.6 Å². The van der Waals surface area contributed by atoms with Crippen molar-refractivity contribution in [1.82, 2.24) is 15.2 Å². The van der Waals surface area contributed by atoms with E-state index in [4.69, 9.17) is 16.0 Å². The van der Waals surface area contributed by atoms with Gasteiger partial charge in [-0.3, -0.25) is 9.69 Å². The Morgan fingerprint density at radius 2 is 1.78 bits per heavy atom. The Kier molecular flexibility index (Phi) is 7.97. The fourth-order valence-electron chi connectivity index (χ4n) is 4.07. The second kappa shape index (κ2) is 11.3. The number of nitrogens with one attached hydrogen (secondary N) is 1. The van der Waals surface area contributed by atoms with Crippen LogP contribution in [0.25, 0.3) is 11.3 Å². The van der Waals surface area contributed by atoms with Crippen LogP contribution in [0.15, 0.2) is 59.1 Å². The number of hydrogen-bond acceptors (Lipinski definition) is 4. The molecule has 1 aliphatic rings. The summed E-state index contributed by atoms with van der Waals surface area (Å²) in [5.41, 5.74) is 3.36. The summed E-state index contributed by atoms with van der Waals surface area (Å²) in [6.07, 6.45) is 7.77. The van der Waals surface area contributed by atoms with E-state index >= 15 is 0 Å². The number of amides is 1. The lowest BCUT2D eigenvalue weighted by atomic mass is 10.1. The predicted molar refractivity (Wildman–Crippen MR) is 127 cm³/mol. The molecule has 1 amide bonds. The first-order valence-electron chi connectivity index (χ1n) is 11.4. The Balaban J connectivity index is 1.23. The molecule has 0 saturated carbocycles. The molecule has 1 fully saturated rings. The number of benzene rings is 2. The molecule has 32 heavy (non-hydrogen) atoms. The zero-order valence-electron chi connectivity index (χ0n) is 18.4. The van der Waals surface area contributed by atoms with E-state index in [1.54, 1.807) is 6.20 Å². The molecule has 2 aromatic carbocycles. The van der Waals surface area contributed by atoms with Crippen LogP contribution in [0.1, 0.15) is 49.1 Å². The van der Waals surface area contributed by atoms with Crippen LogP contribution in [0, 0.1) is 0 Å². The minimum Gasteiger partial charge on any atom is -0.441 e. The highest BCUT2D eigenvalue weighted by Gasteiger charge is 2.11. The lowest BCUT2D eigenvalue weighted by Gasteiger charge is -2.20. The van der Waals surface area contributed by atoms with E-state index in [2.05, 4.69) is 39.5 Å². The summed E-state index contributed by atoms with van der Waals surface area (Å²) in [7, 11) is 0. The van der Waals surface area contributed by atoms with Crippen molar-refractivity contribution in [3.05, 3.63) is 76.8 Å². The smallest absolute Gasteiger partial charge is 0.220 e. The van der Waals surface area contributed by atoms with Crippen molar-refractivity contribution < 1.29 is 9.21 Å². The number of carbonyl (C=O) groups is 1. The van der Waals surface area contributed by atoms with Crippen LogP contribution >= 0.6 is 11.6 Å². The van der Waals surface area contributed by atoms with Crippen molar-refractivity contribution in [2.75, 3.05) is 13.1 Å². The fourth-order valence-corrected chi connectivity index (χ4v) is 4.20. The Bertz CT molecular complexity index is 1010. The fraction of sp³-hybridized carbons (Fsp3) is 0.385. The third-order valence-corrected chi connectivity index (χ3v) is 6.09. The van der Waals surface area contributed by atoms with Crippen molar-refractivity contribution in [2.24, 2.45) is 0 Å². The largest absolute Gasteiger partial charge is 0.441 e. The summed E-state index contributed by atoms with van der Waals surface area (Å²) in [4.78, 5) is 19.2. The summed E-state index contributed by atoms with van der Waals surface area (Å²) in [5.74, 6) is 1.23. The van der Waals surface area contributed by atoms with E-state index in [1.165, 1.54) is 44.3 Å². The van der Waals surface area contributed by atoms with Gasteiger partial charge in [-0.25, -0.2) is 4.98 Å². The maximum absolute atomic E-state index is 12.3. The van der Waals surface area contributed by atoms with E-state index in [1.807, 2.05) is 24.3 Å². The lowest BCUT2D eigenvalue weighted by Crippen LogP contribution is -2.25. The molecule has 0 atom stereocenters. The zero-order valence-corrected chi connectivity index (χ0v) is 19.1. The first-order chi connectivity index (χ1) is 15.7. The molecule has 1 aromatic heterocycles. The van der Waals surface area contributed by atoms with Crippen molar-refractivity contribution >= 4 is 17.5 Å². The van der Waals surface area contributed by atoms with Gasteiger partial charge in [0.05, 0.1) is 6.20 Å². The minimum absolute atomic E-state index is 0.00540. The van der Waals surface area contributed by atoms with Gasteiger partial charge in [0.1, 0.15) is 0 Å². The highest BCUT2D eigenvalue weighted by molar-refractivity contribution is 6.30.